The molecule has 1 aliphatic carbocycles. The summed E-state index contributed by atoms with van der Waals surface area (Å²) in [6.45, 7) is 1.87. The van der Waals surface area contributed by atoms with Crippen LogP contribution in [-0.2, 0) is 12.8 Å². The Hall–Kier alpha value is -2.36. The van der Waals surface area contributed by atoms with Gasteiger partial charge in [-0.05, 0) is 61.9 Å². The van der Waals surface area contributed by atoms with Crippen molar-refractivity contribution in [1.29, 1.82) is 0 Å². The van der Waals surface area contributed by atoms with Crippen LogP contribution in [0.25, 0.3) is 0 Å². The molecule has 3 rings (SSSR count). The first kappa shape index (κ1) is 13.6. The van der Waals surface area contributed by atoms with Crippen LogP contribution in [0.5, 0.6) is 0 Å². The summed E-state index contributed by atoms with van der Waals surface area (Å²) in [4.78, 5) is 16.2. The van der Waals surface area contributed by atoms with E-state index in [2.05, 4.69) is 21.9 Å². The Morgan fingerprint density at radius 1 is 1.19 bits per heavy atom. The van der Waals surface area contributed by atoms with Gasteiger partial charge in [-0.25, -0.2) is 0 Å². The highest BCUT2D eigenvalue weighted by Crippen LogP contribution is 2.27. The van der Waals surface area contributed by atoms with Crippen molar-refractivity contribution in [1.82, 2.24) is 10.4 Å². The second kappa shape index (κ2) is 5.95. The molecule has 0 spiro atoms. The molecule has 1 amide bonds. The summed E-state index contributed by atoms with van der Waals surface area (Å²) in [6.07, 6.45) is 6.31. The Bertz CT molecular complexity index is 667. The summed E-state index contributed by atoms with van der Waals surface area (Å²) in [5.74, 6) is -0.145. The van der Waals surface area contributed by atoms with Gasteiger partial charge in [0, 0.05) is 17.5 Å². The maximum atomic E-state index is 12.1. The van der Waals surface area contributed by atoms with Crippen LogP contribution in [0.1, 0.15) is 40.0 Å². The zero-order chi connectivity index (χ0) is 14.7. The van der Waals surface area contributed by atoms with Crippen molar-refractivity contribution >= 4 is 11.6 Å². The van der Waals surface area contributed by atoms with Gasteiger partial charge in [0.2, 0.25) is 0 Å². The first-order valence-corrected chi connectivity index (χ1v) is 7.34. The molecule has 108 valence electrons. The lowest BCUT2D eigenvalue weighted by Crippen LogP contribution is -2.30. The van der Waals surface area contributed by atoms with E-state index >= 15 is 0 Å². The molecule has 4 heteroatoms. The van der Waals surface area contributed by atoms with Crippen LogP contribution in [-0.4, -0.2) is 10.9 Å². The normalized spacial score (nSPS) is 13.4. The second-order valence-electron chi connectivity index (χ2n) is 5.42. The van der Waals surface area contributed by atoms with Crippen molar-refractivity contribution in [3.8, 4) is 0 Å². The number of pyridine rings is 1. The van der Waals surface area contributed by atoms with Crippen molar-refractivity contribution in [3.05, 3.63) is 58.9 Å². The molecule has 0 radical (unpaired) electrons. The first-order valence-electron chi connectivity index (χ1n) is 7.34. The molecule has 0 atom stereocenters. The molecule has 0 aliphatic heterocycles. The van der Waals surface area contributed by atoms with Crippen molar-refractivity contribution in [2.45, 2.75) is 32.6 Å². The fourth-order valence-corrected chi connectivity index (χ4v) is 2.78. The molecule has 2 N–H and O–H groups in total. The molecule has 4 nitrogen and oxygen atoms in total. The number of aryl methyl sites for hydroxylation is 2. The Kier molecular flexibility index (Phi) is 3.86. The number of nitrogens with one attached hydrogen (secondary N) is 2. The minimum absolute atomic E-state index is 0.145. The smallest absolute Gasteiger partial charge is 0.269 e. The average molecular weight is 281 g/mol. The SMILES string of the molecule is Cc1cc(C(=O)NNc2cccc3c2CCCC3)ccn1. The van der Waals surface area contributed by atoms with Crippen molar-refractivity contribution in [3.63, 3.8) is 0 Å². The van der Waals surface area contributed by atoms with Crippen molar-refractivity contribution in [2.24, 2.45) is 0 Å². The topological polar surface area (TPSA) is 54.0 Å². The number of hydrazine groups is 1. The van der Waals surface area contributed by atoms with E-state index in [1.165, 1.54) is 24.0 Å². The number of hydrogen-bond donors (Lipinski definition) is 2. The highest BCUT2D eigenvalue weighted by atomic mass is 16.2. The third-order valence-electron chi connectivity index (χ3n) is 3.87. The van der Waals surface area contributed by atoms with Crippen LogP contribution >= 0.6 is 0 Å². The van der Waals surface area contributed by atoms with Gasteiger partial charge in [0.25, 0.3) is 5.91 Å². The summed E-state index contributed by atoms with van der Waals surface area (Å²) in [6, 6.07) is 9.72. The second-order valence-corrected chi connectivity index (χ2v) is 5.42. The Morgan fingerprint density at radius 3 is 2.90 bits per heavy atom. The van der Waals surface area contributed by atoms with Gasteiger partial charge in [0.05, 0.1) is 5.69 Å². The maximum Gasteiger partial charge on any atom is 0.269 e. The molecule has 0 saturated carbocycles. The number of amides is 1. The Balaban J connectivity index is 1.72. The van der Waals surface area contributed by atoms with Crippen LogP contribution in [0.4, 0.5) is 5.69 Å². The van der Waals surface area contributed by atoms with Crippen molar-refractivity contribution in [2.75, 3.05) is 5.43 Å². The molecule has 1 aromatic heterocycles. The third kappa shape index (κ3) is 3.05. The van der Waals surface area contributed by atoms with E-state index in [1.807, 2.05) is 19.1 Å². The lowest BCUT2D eigenvalue weighted by molar-refractivity contribution is 0.0962. The van der Waals surface area contributed by atoms with Crippen LogP contribution in [0.15, 0.2) is 36.5 Å². The van der Waals surface area contributed by atoms with Gasteiger partial charge < -0.3 is 0 Å². The molecular formula is C17H19N3O. The molecular weight excluding hydrogens is 262 g/mol. The lowest BCUT2D eigenvalue weighted by atomic mass is 9.90. The standard InChI is InChI=1S/C17H19N3O/c1-12-11-14(9-10-18-12)17(21)20-19-16-8-4-6-13-5-2-3-7-15(13)16/h4,6,8-11,19H,2-3,5,7H2,1H3,(H,20,21). The van der Waals surface area contributed by atoms with Crippen LogP contribution in [0.3, 0.4) is 0 Å². The van der Waals surface area contributed by atoms with Gasteiger partial charge >= 0.3 is 0 Å². The summed E-state index contributed by atoms with van der Waals surface area (Å²) in [5.41, 5.74) is 11.0. The molecule has 0 fully saturated rings. The van der Waals surface area contributed by atoms with Crippen LogP contribution < -0.4 is 10.9 Å². The van der Waals surface area contributed by atoms with Gasteiger partial charge in [-0.15, -0.1) is 0 Å². The van der Waals surface area contributed by atoms with E-state index in [9.17, 15) is 4.79 Å². The number of fused-ring (bicyclic) bond motifs is 1. The quantitative estimate of drug-likeness (QED) is 0.850. The number of nitrogens with zero attached hydrogens (tertiary/aromatic N) is 1. The monoisotopic (exact) mass is 281 g/mol. The number of rotatable bonds is 3. The van der Waals surface area contributed by atoms with Gasteiger partial charge in [0.1, 0.15) is 0 Å². The molecule has 1 heterocycles. The summed E-state index contributed by atoms with van der Waals surface area (Å²) in [7, 11) is 0. The molecule has 1 aromatic carbocycles. The van der Waals surface area contributed by atoms with Gasteiger partial charge in [0.15, 0.2) is 0 Å². The number of anilines is 1. The Labute approximate surface area is 124 Å². The molecule has 0 unspecified atom stereocenters. The number of carbonyl (C=O) groups is 1. The minimum Gasteiger partial charge on any atom is -0.298 e. The first-order chi connectivity index (χ1) is 10.2. The molecule has 0 bridgehead atoms. The van der Waals surface area contributed by atoms with Crippen LogP contribution in [0.2, 0.25) is 0 Å². The molecule has 2 aromatic rings. The van der Waals surface area contributed by atoms with Gasteiger partial charge in [-0.1, -0.05) is 12.1 Å². The molecule has 0 saturated heterocycles. The third-order valence-corrected chi connectivity index (χ3v) is 3.87. The largest absolute Gasteiger partial charge is 0.298 e. The fraction of sp³-hybridized carbons (Fsp3) is 0.294. The zero-order valence-electron chi connectivity index (χ0n) is 12.1. The average Bonchev–Trinajstić information content (AvgIpc) is 2.52. The highest BCUT2D eigenvalue weighted by Gasteiger charge is 2.13. The van der Waals surface area contributed by atoms with E-state index in [-0.39, 0.29) is 5.91 Å². The predicted molar refractivity (Wildman–Crippen MR) is 83.1 cm³/mol. The maximum absolute atomic E-state index is 12.1. The summed E-state index contributed by atoms with van der Waals surface area (Å²) >= 11 is 0. The van der Waals surface area contributed by atoms with Gasteiger partial charge in [-0.2, -0.15) is 0 Å². The van der Waals surface area contributed by atoms with Gasteiger partial charge in [-0.3, -0.25) is 20.6 Å². The molecule has 1 aliphatic rings. The number of hydrogen-bond acceptors (Lipinski definition) is 3. The minimum atomic E-state index is -0.145. The van der Waals surface area contributed by atoms with Crippen molar-refractivity contribution < 1.29 is 4.79 Å². The zero-order valence-corrected chi connectivity index (χ0v) is 12.1. The predicted octanol–water partition coefficient (Wildman–Crippen LogP) is 3.03. The number of carbonyl (C=O) groups excluding carboxylic acids is 1. The van der Waals surface area contributed by atoms with E-state index in [4.69, 9.17) is 0 Å². The highest BCUT2D eigenvalue weighted by molar-refractivity contribution is 5.94. The van der Waals surface area contributed by atoms with E-state index < -0.39 is 0 Å². The van der Waals surface area contributed by atoms with E-state index in [0.29, 0.717) is 5.56 Å². The number of benzene rings is 1. The van der Waals surface area contributed by atoms with Crippen LogP contribution in [0, 0.1) is 6.92 Å². The molecule has 21 heavy (non-hydrogen) atoms. The number of aromatic nitrogens is 1. The Morgan fingerprint density at radius 2 is 2.05 bits per heavy atom. The fourth-order valence-electron chi connectivity index (χ4n) is 2.78. The summed E-state index contributed by atoms with van der Waals surface area (Å²) < 4.78 is 0. The van der Waals surface area contributed by atoms with E-state index in [1.54, 1.807) is 18.3 Å². The summed E-state index contributed by atoms with van der Waals surface area (Å²) in [5, 5.41) is 0. The lowest BCUT2D eigenvalue weighted by Gasteiger charge is -2.20. The van der Waals surface area contributed by atoms with E-state index in [0.717, 1.165) is 24.2 Å².